The van der Waals surface area contributed by atoms with E-state index in [9.17, 15) is 4.79 Å². The van der Waals surface area contributed by atoms with Crippen molar-refractivity contribution in [2.75, 3.05) is 13.7 Å². The van der Waals surface area contributed by atoms with E-state index in [1.807, 2.05) is 23.0 Å². The first kappa shape index (κ1) is 14.9. The molecule has 1 aliphatic rings. The van der Waals surface area contributed by atoms with Crippen LogP contribution in [0.25, 0.3) is 16.6 Å². The predicted molar refractivity (Wildman–Crippen MR) is 92.4 cm³/mol. The van der Waals surface area contributed by atoms with Gasteiger partial charge in [0.05, 0.1) is 18.4 Å². The highest BCUT2D eigenvalue weighted by Crippen LogP contribution is 2.25. The Hall–Kier alpha value is -2.66. The van der Waals surface area contributed by atoms with Crippen LogP contribution in [0.4, 0.5) is 0 Å². The van der Waals surface area contributed by atoms with Gasteiger partial charge in [-0.15, -0.1) is 0 Å². The van der Waals surface area contributed by atoms with Gasteiger partial charge in [-0.2, -0.15) is 5.10 Å². The van der Waals surface area contributed by atoms with E-state index in [1.165, 1.54) is 25.5 Å². The molecule has 1 aliphatic heterocycles. The topological polar surface area (TPSA) is 56.1 Å². The summed E-state index contributed by atoms with van der Waals surface area (Å²) in [7, 11) is 1.38. The summed E-state index contributed by atoms with van der Waals surface area (Å²) in [5.74, 6) is -0.367. The quantitative estimate of drug-likeness (QED) is 0.753. The van der Waals surface area contributed by atoms with Gasteiger partial charge in [0, 0.05) is 17.6 Å². The molecular formula is C19H19N3O2. The summed E-state index contributed by atoms with van der Waals surface area (Å²) in [6.45, 7) is 1.09. The summed E-state index contributed by atoms with van der Waals surface area (Å²) in [4.78, 5) is 11.9. The Labute approximate surface area is 140 Å². The standard InChI is InChI=1S/C19H19N3O2/c1-24-19(23)16-5-2-4-14-12-22(21-18(14)16)15-9-7-13(8-10-15)17-6-3-11-20-17/h2,4-5,7-10,12,17,20H,3,6,11H2,1H3. The summed E-state index contributed by atoms with van der Waals surface area (Å²) in [5.41, 5.74) is 3.43. The van der Waals surface area contributed by atoms with Gasteiger partial charge in [-0.3, -0.25) is 0 Å². The number of aromatic nitrogens is 2. The zero-order valence-corrected chi connectivity index (χ0v) is 13.5. The molecule has 0 aliphatic carbocycles. The SMILES string of the molecule is COC(=O)c1cccc2cn(-c3ccc(C4CCCN4)cc3)nc12. The van der Waals surface area contributed by atoms with Gasteiger partial charge in [-0.25, -0.2) is 9.48 Å². The number of esters is 1. The van der Waals surface area contributed by atoms with E-state index in [0.29, 0.717) is 17.1 Å². The summed E-state index contributed by atoms with van der Waals surface area (Å²) in [5, 5.41) is 9.00. The van der Waals surface area contributed by atoms with Crippen molar-refractivity contribution in [2.45, 2.75) is 18.9 Å². The number of nitrogens with one attached hydrogen (secondary N) is 1. The average molecular weight is 321 g/mol. The molecule has 2 aromatic carbocycles. The second-order valence-corrected chi connectivity index (χ2v) is 6.05. The van der Waals surface area contributed by atoms with Crippen LogP contribution in [-0.4, -0.2) is 29.4 Å². The summed E-state index contributed by atoms with van der Waals surface area (Å²) < 4.78 is 6.65. The minimum atomic E-state index is -0.367. The number of nitrogens with zero attached hydrogens (tertiary/aromatic N) is 2. The Bertz CT molecular complexity index is 877. The van der Waals surface area contributed by atoms with E-state index in [4.69, 9.17) is 4.74 Å². The first-order valence-corrected chi connectivity index (χ1v) is 8.17. The highest BCUT2D eigenvalue weighted by atomic mass is 16.5. The Morgan fingerprint density at radius 1 is 1.25 bits per heavy atom. The Kier molecular flexibility index (Phi) is 3.78. The van der Waals surface area contributed by atoms with Crippen molar-refractivity contribution in [1.82, 2.24) is 15.1 Å². The van der Waals surface area contributed by atoms with E-state index in [0.717, 1.165) is 17.6 Å². The highest BCUT2D eigenvalue weighted by molar-refractivity contribution is 6.02. The molecule has 3 aromatic rings. The molecule has 2 heterocycles. The van der Waals surface area contributed by atoms with Gasteiger partial charge < -0.3 is 10.1 Å². The molecule has 0 bridgehead atoms. The number of ether oxygens (including phenoxy) is 1. The van der Waals surface area contributed by atoms with Gasteiger partial charge in [0.15, 0.2) is 0 Å². The largest absolute Gasteiger partial charge is 0.465 e. The number of hydrogen-bond donors (Lipinski definition) is 1. The number of methoxy groups -OCH3 is 1. The fourth-order valence-corrected chi connectivity index (χ4v) is 3.28. The van der Waals surface area contributed by atoms with Crippen molar-refractivity contribution in [3.05, 3.63) is 59.8 Å². The highest BCUT2D eigenvalue weighted by Gasteiger charge is 2.16. The second kappa shape index (κ2) is 6.09. The third kappa shape index (κ3) is 2.57. The van der Waals surface area contributed by atoms with Crippen LogP contribution in [0.5, 0.6) is 0 Å². The van der Waals surface area contributed by atoms with E-state index >= 15 is 0 Å². The van der Waals surface area contributed by atoms with Gasteiger partial charge in [0.2, 0.25) is 0 Å². The molecule has 24 heavy (non-hydrogen) atoms. The monoisotopic (exact) mass is 321 g/mol. The van der Waals surface area contributed by atoms with E-state index in [1.54, 1.807) is 6.07 Å². The normalized spacial score (nSPS) is 17.3. The van der Waals surface area contributed by atoms with Gasteiger partial charge in [0.1, 0.15) is 5.52 Å². The van der Waals surface area contributed by atoms with Crippen LogP contribution in [0.15, 0.2) is 48.7 Å². The third-order valence-corrected chi connectivity index (χ3v) is 4.56. The molecule has 1 atom stereocenters. The first-order valence-electron chi connectivity index (χ1n) is 8.17. The lowest BCUT2D eigenvalue weighted by molar-refractivity contribution is 0.0602. The van der Waals surface area contributed by atoms with Crippen LogP contribution in [0, 0.1) is 0 Å². The summed E-state index contributed by atoms with van der Waals surface area (Å²) in [6, 6.07) is 14.4. The number of benzene rings is 2. The van der Waals surface area contributed by atoms with Gasteiger partial charge in [-0.05, 0) is 43.1 Å². The summed E-state index contributed by atoms with van der Waals surface area (Å²) >= 11 is 0. The van der Waals surface area contributed by atoms with E-state index < -0.39 is 0 Å². The Morgan fingerprint density at radius 2 is 2.08 bits per heavy atom. The van der Waals surface area contributed by atoms with Crippen molar-refractivity contribution in [2.24, 2.45) is 0 Å². The lowest BCUT2D eigenvalue weighted by atomic mass is 10.1. The first-order chi connectivity index (χ1) is 11.8. The van der Waals surface area contributed by atoms with Crippen molar-refractivity contribution in [1.29, 1.82) is 0 Å². The lowest BCUT2D eigenvalue weighted by Gasteiger charge is -2.11. The number of fused-ring (bicyclic) bond motifs is 1. The van der Waals surface area contributed by atoms with Crippen molar-refractivity contribution in [3.8, 4) is 5.69 Å². The zero-order chi connectivity index (χ0) is 16.5. The lowest BCUT2D eigenvalue weighted by Crippen LogP contribution is -2.12. The maximum absolute atomic E-state index is 11.9. The molecule has 0 amide bonds. The van der Waals surface area contributed by atoms with Crippen molar-refractivity contribution < 1.29 is 9.53 Å². The van der Waals surface area contributed by atoms with Gasteiger partial charge >= 0.3 is 5.97 Å². The third-order valence-electron chi connectivity index (χ3n) is 4.56. The molecule has 4 rings (SSSR count). The molecule has 5 heteroatoms. The van der Waals surface area contributed by atoms with Crippen molar-refractivity contribution in [3.63, 3.8) is 0 Å². The van der Waals surface area contributed by atoms with Gasteiger partial charge in [0.25, 0.3) is 0 Å². The molecule has 0 spiro atoms. The Morgan fingerprint density at radius 3 is 2.79 bits per heavy atom. The fourth-order valence-electron chi connectivity index (χ4n) is 3.28. The molecule has 1 N–H and O–H groups in total. The molecular weight excluding hydrogens is 302 g/mol. The zero-order valence-electron chi connectivity index (χ0n) is 13.5. The van der Waals surface area contributed by atoms with Crippen molar-refractivity contribution >= 4 is 16.9 Å². The minimum Gasteiger partial charge on any atom is -0.465 e. The minimum absolute atomic E-state index is 0.367. The van der Waals surface area contributed by atoms with Gasteiger partial charge in [-0.1, -0.05) is 24.3 Å². The molecule has 0 radical (unpaired) electrons. The van der Waals surface area contributed by atoms with E-state index in [-0.39, 0.29) is 5.97 Å². The summed E-state index contributed by atoms with van der Waals surface area (Å²) in [6.07, 6.45) is 4.35. The number of carbonyl (C=O) groups is 1. The van der Waals surface area contributed by atoms with Crippen LogP contribution in [-0.2, 0) is 4.74 Å². The molecule has 0 saturated carbocycles. The molecule has 1 saturated heterocycles. The number of carbonyl (C=O) groups excluding carboxylic acids is 1. The van der Waals surface area contributed by atoms with Crippen LogP contribution < -0.4 is 5.32 Å². The predicted octanol–water partition coefficient (Wildman–Crippen LogP) is 3.24. The molecule has 1 aromatic heterocycles. The van der Waals surface area contributed by atoms with E-state index in [2.05, 4.69) is 34.7 Å². The maximum atomic E-state index is 11.9. The smallest absolute Gasteiger partial charge is 0.340 e. The second-order valence-electron chi connectivity index (χ2n) is 6.05. The van der Waals surface area contributed by atoms with Crippen LogP contribution in [0.2, 0.25) is 0 Å². The van der Waals surface area contributed by atoms with Crippen LogP contribution in [0.1, 0.15) is 34.8 Å². The maximum Gasteiger partial charge on any atom is 0.340 e. The molecule has 5 nitrogen and oxygen atoms in total. The number of hydrogen-bond acceptors (Lipinski definition) is 4. The van der Waals surface area contributed by atoms with Crippen LogP contribution >= 0.6 is 0 Å². The molecule has 122 valence electrons. The average Bonchev–Trinajstić information content (AvgIpc) is 3.30. The van der Waals surface area contributed by atoms with Crippen LogP contribution in [0.3, 0.4) is 0 Å². The number of rotatable bonds is 3. The molecule has 1 unspecified atom stereocenters. The Balaban J connectivity index is 1.70. The molecule has 1 fully saturated rings. The fraction of sp³-hybridized carbons (Fsp3) is 0.263.